The third-order valence-electron chi connectivity index (χ3n) is 2.59. The molecule has 0 spiro atoms. The van der Waals surface area contributed by atoms with E-state index in [2.05, 4.69) is 20.8 Å². The van der Waals surface area contributed by atoms with Crippen LogP contribution in [-0.4, -0.2) is 22.3 Å². The number of aryl methyl sites for hydroxylation is 1. The monoisotopic (exact) mass is 265 g/mol. The SMILES string of the molecule is Cc1cc(C(C)(C)C)cc(CC(=O)O)c1O.N=C=O. The van der Waals surface area contributed by atoms with Gasteiger partial charge < -0.3 is 10.2 Å². The van der Waals surface area contributed by atoms with Gasteiger partial charge in [0.1, 0.15) is 5.75 Å². The van der Waals surface area contributed by atoms with Crippen LogP contribution < -0.4 is 0 Å². The number of isocyanates is 1. The summed E-state index contributed by atoms with van der Waals surface area (Å²) in [6.07, 6.45) is 0.608. The van der Waals surface area contributed by atoms with Crippen LogP contribution in [0.5, 0.6) is 5.75 Å². The maximum atomic E-state index is 10.7. The summed E-state index contributed by atoms with van der Waals surface area (Å²) in [5, 5.41) is 23.9. The van der Waals surface area contributed by atoms with Gasteiger partial charge in [0.15, 0.2) is 0 Å². The minimum Gasteiger partial charge on any atom is -0.507 e. The van der Waals surface area contributed by atoms with E-state index in [1.165, 1.54) is 0 Å². The van der Waals surface area contributed by atoms with Gasteiger partial charge in [-0.15, -0.1) is 0 Å². The Hall–Kier alpha value is -2.13. The van der Waals surface area contributed by atoms with Gasteiger partial charge in [0, 0.05) is 5.56 Å². The Balaban J connectivity index is 0.000000982. The molecule has 5 heteroatoms. The molecule has 0 bridgehead atoms. The number of aliphatic carboxylic acids is 1. The summed E-state index contributed by atoms with van der Waals surface area (Å²) < 4.78 is 0. The van der Waals surface area contributed by atoms with E-state index in [0.717, 1.165) is 17.2 Å². The van der Waals surface area contributed by atoms with E-state index < -0.39 is 5.97 Å². The maximum Gasteiger partial charge on any atom is 0.307 e. The van der Waals surface area contributed by atoms with Gasteiger partial charge in [0.2, 0.25) is 6.08 Å². The smallest absolute Gasteiger partial charge is 0.307 e. The highest BCUT2D eigenvalue weighted by atomic mass is 16.4. The van der Waals surface area contributed by atoms with Crippen molar-refractivity contribution < 1.29 is 19.8 Å². The Morgan fingerprint density at radius 3 is 2.21 bits per heavy atom. The molecule has 0 aliphatic carbocycles. The number of aromatic hydroxyl groups is 1. The lowest BCUT2D eigenvalue weighted by atomic mass is 9.84. The first kappa shape index (κ1) is 16.9. The number of nitrogens with one attached hydrogen (secondary N) is 1. The number of benzene rings is 1. The first-order valence-electron chi connectivity index (χ1n) is 5.72. The van der Waals surface area contributed by atoms with Gasteiger partial charge in [-0.2, -0.15) is 0 Å². The summed E-state index contributed by atoms with van der Waals surface area (Å²) in [7, 11) is 0. The topological polar surface area (TPSA) is 98.4 Å². The van der Waals surface area contributed by atoms with Crippen molar-refractivity contribution in [3.8, 4) is 5.75 Å². The van der Waals surface area contributed by atoms with E-state index in [4.69, 9.17) is 15.3 Å². The predicted molar refractivity (Wildman–Crippen MR) is 71.3 cm³/mol. The van der Waals surface area contributed by atoms with E-state index >= 15 is 0 Å². The largest absolute Gasteiger partial charge is 0.507 e. The van der Waals surface area contributed by atoms with Crippen molar-refractivity contribution in [3.05, 3.63) is 28.8 Å². The van der Waals surface area contributed by atoms with Crippen molar-refractivity contribution >= 4 is 12.0 Å². The molecule has 1 aromatic carbocycles. The molecule has 0 radical (unpaired) electrons. The Bertz CT molecular complexity index is 495. The third kappa shape index (κ3) is 5.36. The standard InChI is InChI=1S/C13H18O3.CHNO/c1-8-5-10(13(2,3)4)6-9(12(8)16)7-11(14)15;2-1-3/h5-6,16H,7H2,1-4H3,(H,14,15);2H. The van der Waals surface area contributed by atoms with Gasteiger partial charge >= 0.3 is 5.97 Å². The van der Waals surface area contributed by atoms with E-state index in [1.807, 2.05) is 6.07 Å². The van der Waals surface area contributed by atoms with Crippen molar-refractivity contribution in [3.63, 3.8) is 0 Å². The zero-order valence-corrected chi connectivity index (χ0v) is 11.6. The predicted octanol–water partition coefficient (Wildman–Crippen LogP) is 2.53. The summed E-state index contributed by atoms with van der Waals surface area (Å²) in [4.78, 5) is 19.0. The van der Waals surface area contributed by atoms with Crippen LogP contribution in [0.25, 0.3) is 0 Å². The molecule has 1 rings (SSSR count). The molecule has 0 amide bonds. The summed E-state index contributed by atoms with van der Waals surface area (Å²) in [6.45, 7) is 7.96. The lowest BCUT2D eigenvalue weighted by molar-refractivity contribution is -0.136. The van der Waals surface area contributed by atoms with Crippen LogP contribution in [0.3, 0.4) is 0 Å². The second-order valence-corrected chi connectivity index (χ2v) is 5.22. The summed E-state index contributed by atoms with van der Waals surface area (Å²) in [5.41, 5.74) is 2.20. The molecule has 1 aromatic rings. The fraction of sp³-hybridized carbons (Fsp3) is 0.429. The van der Waals surface area contributed by atoms with Gasteiger partial charge in [0.25, 0.3) is 0 Å². The number of carbonyl (C=O) groups excluding carboxylic acids is 1. The molecule has 0 saturated carbocycles. The molecule has 0 unspecified atom stereocenters. The molecule has 0 fully saturated rings. The molecular formula is C14H19NO4. The van der Waals surface area contributed by atoms with Gasteiger partial charge in [0.05, 0.1) is 6.42 Å². The van der Waals surface area contributed by atoms with Gasteiger partial charge in [-0.3, -0.25) is 4.79 Å². The summed E-state index contributed by atoms with van der Waals surface area (Å²) in [5.74, 6) is -0.837. The third-order valence-corrected chi connectivity index (χ3v) is 2.59. The van der Waals surface area contributed by atoms with Crippen molar-refractivity contribution in [1.82, 2.24) is 0 Å². The Morgan fingerprint density at radius 1 is 1.37 bits per heavy atom. The normalized spacial score (nSPS) is 10.1. The highest BCUT2D eigenvalue weighted by Crippen LogP contribution is 2.30. The van der Waals surface area contributed by atoms with Gasteiger partial charge in [-0.05, 0) is 23.5 Å². The zero-order valence-electron chi connectivity index (χ0n) is 11.6. The van der Waals surface area contributed by atoms with Gasteiger partial charge in [-0.25, -0.2) is 10.2 Å². The molecule has 0 atom stereocenters. The summed E-state index contributed by atoms with van der Waals surface area (Å²) in [6, 6.07) is 3.68. The number of carboxylic acids is 1. The lowest BCUT2D eigenvalue weighted by Crippen LogP contribution is -2.13. The number of phenolic OH excluding ortho intramolecular Hbond substituents is 1. The van der Waals surface area contributed by atoms with E-state index in [0.29, 0.717) is 5.56 Å². The van der Waals surface area contributed by atoms with Crippen molar-refractivity contribution in [2.24, 2.45) is 0 Å². The maximum absolute atomic E-state index is 10.7. The van der Waals surface area contributed by atoms with Gasteiger partial charge in [-0.1, -0.05) is 32.9 Å². The quantitative estimate of drug-likeness (QED) is 0.565. The Kier molecular flexibility index (Phi) is 5.96. The van der Waals surface area contributed by atoms with Crippen molar-refractivity contribution in [2.75, 3.05) is 0 Å². The Morgan fingerprint density at radius 2 is 1.84 bits per heavy atom. The average molecular weight is 265 g/mol. The fourth-order valence-corrected chi connectivity index (χ4v) is 1.58. The second-order valence-electron chi connectivity index (χ2n) is 5.22. The highest BCUT2D eigenvalue weighted by Gasteiger charge is 2.18. The molecule has 3 N–H and O–H groups in total. The van der Waals surface area contributed by atoms with Crippen LogP contribution in [0.15, 0.2) is 12.1 Å². The van der Waals surface area contributed by atoms with Crippen LogP contribution in [-0.2, 0) is 21.4 Å². The number of carboxylic acid groups (broad SMARTS) is 1. The molecular weight excluding hydrogens is 246 g/mol. The van der Waals surface area contributed by atoms with Crippen LogP contribution in [0, 0.1) is 12.3 Å². The molecule has 0 saturated heterocycles. The molecule has 5 nitrogen and oxygen atoms in total. The van der Waals surface area contributed by atoms with E-state index in [9.17, 15) is 9.90 Å². The first-order valence-corrected chi connectivity index (χ1v) is 5.72. The number of rotatable bonds is 2. The second kappa shape index (κ2) is 6.71. The average Bonchev–Trinajstić information content (AvgIpc) is 2.23. The zero-order chi connectivity index (χ0) is 15.2. The molecule has 104 valence electrons. The minimum atomic E-state index is -0.930. The van der Waals surface area contributed by atoms with Crippen molar-refractivity contribution in [1.29, 1.82) is 5.41 Å². The Labute approximate surface area is 112 Å². The van der Waals surface area contributed by atoms with Crippen LogP contribution in [0.2, 0.25) is 0 Å². The van der Waals surface area contributed by atoms with Crippen molar-refractivity contribution in [2.45, 2.75) is 39.5 Å². The minimum absolute atomic E-state index is 0.0499. The number of phenols is 1. The number of carbonyl (C=O) groups is 1. The number of hydrogen-bond donors (Lipinski definition) is 3. The van der Waals surface area contributed by atoms with Crippen LogP contribution in [0.4, 0.5) is 0 Å². The molecule has 0 aliphatic rings. The van der Waals surface area contributed by atoms with E-state index in [-0.39, 0.29) is 17.6 Å². The molecule has 0 aromatic heterocycles. The fourth-order valence-electron chi connectivity index (χ4n) is 1.58. The molecule has 19 heavy (non-hydrogen) atoms. The van der Waals surface area contributed by atoms with Crippen LogP contribution in [0.1, 0.15) is 37.5 Å². The van der Waals surface area contributed by atoms with E-state index in [1.54, 1.807) is 13.0 Å². The first-order chi connectivity index (χ1) is 8.63. The highest BCUT2D eigenvalue weighted by molar-refractivity contribution is 5.71. The number of hydrogen-bond acceptors (Lipinski definition) is 4. The molecule has 0 heterocycles. The summed E-state index contributed by atoms with van der Waals surface area (Å²) >= 11 is 0. The molecule has 0 aliphatic heterocycles. The van der Waals surface area contributed by atoms with Crippen LogP contribution >= 0.6 is 0 Å². The lowest BCUT2D eigenvalue weighted by Gasteiger charge is -2.21.